The number of aliphatic carboxylic acids is 1. The van der Waals surface area contributed by atoms with Crippen molar-refractivity contribution in [3.05, 3.63) is 57.3 Å². The third-order valence-electron chi connectivity index (χ3n) is 3.56. The maximum atomic E-state index is 13.1. The summed E-state index contributed by atoms with van der Waals surface area (Å²) in [5.74, 6) is -2.73. The molecule has 0 radical (unpaired) electrons. The molecule has 10 heteroatoms. The predicted molar refractivity (Wildman–Crippen MR) is 89.0 cm³/mol. The minimum absolute atomic E-state index is 0.0184. The van der Waals surface area contributed by atoms with Crippen LogP contribution in [0, 0.1) is 5.82 Å². The molecule has 0 bridgehead atoms. The molecule has 1 unspecified atom stereocenters. The Morgan fingerprint density at radius 2 is 1.78 bits per heavy atom. The Hall–Kier alpha value is -2.45. The molecule has 0 saturated heterocycles. The van der Waals surface area contributed by atoms with Crippen LogP contribution < -0.4 is 9.47 Å². The molecule has 2 aromatic rings. The number of ether oxygens (including phenoxy) is 2. The van der Waals surface area contributed by atoms with Crippen LogP contribution in [0.4, 0.5) is 17.6 Å². The van der Waals surface area contributed by atoms with Crippen molar-refractivity contribution in [1.82, 2.24) is 0 Å². The maximum Gasteiger partial charge on any atom is 0.430 e. The van der Waals surface area contributed by atoms with Gasteiger partial charge in [-0.05, 0) is 30.3 Å². The van der Waals surface area contributed by atoms with Crippen LogP contribution in [-0.2, 0) is 4.79 Å². The number of carboxylic acid groups (broad SMARTS) is 1. The highest BCUT2D eigenvalue weighted by Gasteiger charge is 2.48. The van der Waals surface area contributed by atoms with Crippen LogP contribution in [0.1, 0.15) is 5.56 Å². The average Bonchev–Trinajstić information content (AvgIpc) is 2.55. The summed E-state index contributed by atoms with van der Waals surface area (Å²) in [6.45, 7) is 0. The van der Waals surface area contributed by atoms with Gasteiger partial charge in [-0.2, -0.15) is 13.2 Å². The average molecular weight is 423 g/mol. The van der Waals surface area contributed by atoms with Gasteiger partial charge in [0.25, 0.3) is 0 Å². The zero-order chi connectivity index (χ0) is 19.9. The molecule has 27 heavy (non-hydrogen) atoms. The first-order chi connectivity index (χ1) is 12.6. The Labute approximate surface area is 159 Å². The van der Waals surface area contributed by atoms with E-state index in [1.165, 1.54) is 12.1 Å². The maximum absolute atomic E-state index is 13.1. The highest BCUT2D eigenvalue weighted by atomic mass is 35.5. The fourth-order valence-corrected chi connectivity index (χ4v) is 2.79. The summed E-state index contributed by atoms with van der Waals surface area (Å²) < 4.78 is 62.7. The highest BCUT2D eigenvalue weighted by molar-refractivity contribution is 6.33. The van der Waals surface area contributed by atoms with E-state index in [-0.39, 0.29) is 32.9 Å². The summed E-state index contributed by atoms with van der Waals surface area (Å²) in [6, 6.07) is 5.55. The Kier molecular flexibility index (Phi) is 4.96. The predicted octanol–water partition coefficient (Wildman–Crippen LogP) is 5.72. The van der Waals surface area contributed by atoms with Crippen molar-refractivity contribution in [1.29, 1.82) is 0 Å². The van der Waals surface area contributed by atoms with Gasteiger partial charge in [0.1, 0.15) is 23.1 Å². The second-order valence-electron chi connectivity index (χ2n) is 5.44. The Morgan fingerprint density at radius 1 is 1.11 bits per heavy atom. The van der Waals surface area contributed by atoms with Crippen LogP contribution in [0.5, 0.6) is 17.2 Å². The Balaban J connectivity index is 2.02. The standard InChI is InChI=1S/C17H8Cl2F4O4/c18-10-4-7-3-9(16(24)25)15(17(21,22)23)27-13(7)6-14(10)26-12-2-1-8(20)5-11(12)19/h1-6,15H,(H,24,25). The van der Waals surface area contributed by atoms with Crippen LogP contribution in [-0.4, -0.2) is 23.4 Å². The second-order valence-corrected chi connectivity index (χ2v) is 6.26. The van der Waals surface area contributed by atoms with E-state index < -0.39 is 29.6 Å². The van der Waals surface area contributed by atoms with Crippen molar-refractivity contribution < 1.29 is 36.9 Å². The fourth-order valence-electron chi connectivity index (χ4n) is 2.37. The molecule has 0 spiro atoms. The topological polar surface area (TPSA) is 55.8 Å². The number of benzene rings is 2. The van der Waals surface area contributed by atoms with Crippen molar-refractivity contribution in [2.45, 2.75) is 12.3 Å². The van der Waals surface area contributed by atoms with Gasteiger partial charge in [0.2, 0.25) is 6.10 Å². The monoisotopic (exact) mass is 422 g/mol. The van der Waals surface area contributed by atoms with E-state index >= 15 is 0 Å². The molecule has 142 valence electrons. The van der Waals surface area contributed by atoms with Gasteiger partial charge >= 0.3 is 12.1 Å². The summed E-state index contributed by atoms with van der Waals surface area (Å²) in [4.78, 5) is 11.1. The Bertz CT molecular complexity index is 957. The van der Waals surface area contributed by atoms with Crippen LogP contribution in [0.15, 0.2) is 35.9 Å². The van der Waals surface area contributed by atoms with Crippen molar-refractivity contribution in [2.24, 2.45) is 0 Å². The first-order valence-electron chi connectivity index (χ1n) is 7.21. The number of carboxylic acids is 1. The third kappa shape index (κ3) is 3.96. The van der Waals surface area contributed by atoms with Crippen LogP contribution >= 0.6 is 23.2 Å². The first kappa shape index (κ1) is 19.3. The van der Waals surface area contributed by atoms with E-state index in [1.807, 2.05) is 0 Å². The minimum Gasteiger partial charge on any atom is -0.478 e. The zero-order valence-corrected chi connectivity index (χ0v) is 14.5. The highest BCUT2D eigenvalue weighted by Crippen LogP contribution is 2.43. The molecule has 4 nitrogen and oxygen atoms in total. The number of rotatable bonds is 3. The minimum atomic E-state index is -4.94. The SMILES string of the molecule is O=C(O)C1=Cc2cc(Cl)c(Oc3ccc(F)cc3Cl)cc2OC1C(F)(F)F. The molecule has 0 fully saturated rings. The molecule has 1 N–H and O–H groups in total. The molecule has 0 saturated carbocycles. The molecule has 2 aromatic carbocycles. The number of carbonyl (C=O) groups is 1. The molecule has 1 heterocycles. The summed E-state index contributed by atoms with van der Waals surface area (Å²) in [5, 5.41) is 8.90. The van der Waals surface area contributed by atoms with Crippen LogP contribution in [0.3, 0.4) is 0 Å². The molecular weight excluding hydrogens is 415 g/mol. The number of alkyl halides is 3. The van der Waals surface area contributed by atoms with Gasteiger partial charge in [-0.3, -0.25) is 0 Å². The van der Waals surface area contributed by atoms with E-state index in [2.05, 4.69) is 0 Å². The van der Waals surface area contributed by atoms with E-state index in [0.29, 0.717) is 0 Å². The van der Waals surface area contributed by atoms with E-state index in [0.717, 1.165) is 24.3 Å². The van der Waals surface area contributed by atoms with Gasteiger partial charge in [0.15, 0.2) is 0 Å². The number of fused-ring (bicyclic) bond motifs is 1. The smallest absolute Gasteiger partial charge is 0.430 e. The third-order valence-corrected chi connectivity index (χ3v) is 4.15. The largest absolute Gasteiger partial charge is 0.478 e. The van der Waals surface area contributed by atoms with Crippen LogP contribution in [0.25, 0.3) is 6.08 Å². The first-order valence-corrected chi connectivity index (χ1v) is 7.96. The van der Waals surface area contributed by atoms with E-state index in [1.54, 1.807) is 0 Å². The van der Waals surface area contributed by atoms with Crippen molar-refractivity contribution in [2.75, 3.05) is 0 Å². The van der Waals surface area contributed by atoms with Gasteiger partial charge in [0.05, 0.1) is 15.6 Å². The van der Waals surface area contributed by atoms with Crippen molar-refractivity contribution in [3.63, 3.8) is 0 Å². The lowest BCUT2D eigenvalue weighted by Gasteiger charge is -2.27. The lowest BCUT2D eigenvalue weighted by Crippen LogP contribution is -2.40. The van der Waals surface area contributed by atoms with Crippen molar-refractivity contribution >= 4 is 35.2 Å². The number of halogens is 6. The second kappa shape index (κ2) is 6.94. The quantitative estimate of drug-likeness (QED) is 0.643. The van der Waals surface area contributed by atoms with Gasteiger partial charge in [0, 0.05) is 11.6 Å². The van der Waals surface area contributed by atoms with Gasteiger partial charge in [-0.15, -0.1) is 0 Å². The normalized spacial score (nSPS) is 16.2. The van der Waals surface area contributed by atoms with E-state index in [9.17, 15) is 22.4 Å². The summed E-state index contributed by atoms with van der Waals surface area (Å²) in [5.41, 5.74) is -0.934. The molecule has 1 aliphatic heterocycles. The summed E-state index contributed by atoms with van der Waals surface area (Å²) in [6.07, 6.45) is -6.76. The van der Waals surface area contributed by atoms with Crippen molar-refractivity contribution in [3.8, 4) is 17.2 Å². The molecule has 0 amide bonds. The van der Waals surface area contributed by atoms with Gasteiger partial charge in [-0.1, -0.05) is 23.2 Å². The van der Waals surface area contributed by atoms with Crippen LogP contribution in [0.2, 0.25) is 10.0 Å². The van der Waals surface area contributed by atoms with Gasteiger partial charge < -0.3 is 14.6 Å². The van der Waals surface area contributed by atoms with E-state index in [4.69, 9.17) is 37.8 Å². The molecular formula is C17H8Cl2F4O4. The number of hydrogen-bond donors (Lipinski definition) is 1. The molecule has 1 aliphatic rings. The lowest BCUT2D eigenvalue weighted by atomic mass is 10.0. The molecule has 3 rings (SSSR count). The molecule has 0 aromatic heterocycles. The number of hydrogen-bond acceptors (Lipinski definition) is 3. The lowest BCUT2D eigenvalue weighted by molar-refractivity contribution is -0.187. The summed E-state index contributed by atoms with van der Waals surface area (Å²) >= 11 is 11.9. The fraction of sp³-hybridized carbons (Fsp3) is 0.118. The molecule has 1 atom stereocenters. The van der Waals surface area contributed by atoms with Gasteiger partial charge in [-0.25, -0.2) is 9.18 Å². The molecule has 0 aliphatic carbocycles. The zero-order valence-electron chi connectivity index (χ0n) is 13.0. The summed E-state index contributed by atoms with van der Waals surface area (Å²) in [7, 11) is 0. The Morgan fingerprint density at radius 3 is 2.37 bits per heavy atom.